The Balaban J connectivity index is 1.31. The first kappa shape index (κ1) is 16.9. The molecule has 2 fully saturated rings. The van der Waals surface area contributed by atoms with Gasteiger partial charge in [0.15, 0.2) is 0 Å². The fourth-order valence-corrected chi connectivity index (χ4v) is 4.07. The molecule has 0 bridgehead atoms. The number of nitrogens with zero attached hydrogens (tertiary/aromatic N) is 2. The SMILES string of the molecule is CC(C1CC1)N1CCN(C(=O)CCc2coc3ccc(Cl)cc23)CC1. The average molecular weight is 361 g/mol. The van der Waals surface area contributed by atoms with Crippen LogP contribution in [0.2, 0.25) is 5.02 Å². The van der Waals surface area contributed by atoms with Gasteiger partial charge in [-0.3, -0.25) is 9.69 Å². The van der Waals surface area contributed by atoms with Crippen molar-refractivity contribution >= 4 is 28.5 Å². The van der Waals surface area contributed by atoms with Crippen LogP contribution in [0.5, 0.6) is 0 Å². The molecule has 1 unspecified atom stereocenters. The van der Waals surface area contributed by atoms with Crippen molar-refractivity contribution in [1.29, 1.82) is 0 Å². The largest absolute Gasteiger partial charge is 0.464 e. The zero-order chi connectivity index (χ0) is 17.4. The molecule has 2 aromatic rings. The quantitative estimate of drug-likeness (QED) is 0.809. The van der Waals surface area contributed by atoms with Gasteiger partial charge in [0.25, 0.3) is 0 Å². The molecule has 1 aliphatic heterocycles. The molecule has 1 aliphatic carbocycles. The number of rotatable bonds is 5. The van der Waals surface area contributed by atoms with E-state index >= 15 is 0 Å². The van der Waals surface area contributed by atoms with Gasteiger partial charge in [0.1, 0.15) is 5.58 Å². The van der Waals surface area contributed by atoms with E-state index in [-0.39, 0.29) is 5.91 Å². The summed E-state index contributed by atoms with van der Waals surface area (Å²) in [7, 11) is 0. The van der Waals surface area contributed by atoms with Gasteiger partial charge in [-0.2, -0.15) is 0 Å². The number of hydrogen-bond acceptors (Lipinski definition) is 3. The lowest BCUT2D eigenvalue weighted by molar-refractivity contribution is -0.133. The van der Waals surface area contributed by atoms with Crippen molar-refractivity contribution in [3.05, 3.63) is 35.0 Å². The Bertz CT molecular complexity index is 760. The maximum absolute atomic E-state index is 12.6. The number of carbonyl (C=O) groups is 1. The second kappa shape index (κ2) is 7.00. The Morgan fingerprint density at radius 3 is 2.76 bits per heavy atom. The smallest absolute Gasteiger partial charge is 0.222 e. The highest BCUT2D eigenvalue weighted by Gasteiger charge is 2.33. The average Bonchev–Trinajstić information content (AvgIpc) is 3.41. The molecule has 2 aliphatic rings. The lowest BCUT2D eigenvalue weighted by Crippen LogP contribution is -2.51. The van der Waals surface area contributed by atoms with Crippen molar-refractivity contribution in [3.63, 3.8) is 0 Å². The summed E-state index contributed by atoms with van der Waals surface area (Å²) in [4.78, 5) is 17.1. The molecule has 1 aromatic heterocycles. The van der Waals surface area contributed by atoms with Gasteiger partial charge in [0.05, 0.1) is 6.26 Å². The van der Waals surface area contributed by atoms with E-state index in [1.165, 1.54) is 12.8 Å². The first-order chi connectivity index (χ1) is 12.1. The van der Waals surface area contributed by atoms with Crippen LogP contribution in [-0.2, 0) is 11.2 Å². The number of furan rings is 1. The third kappa shape index (κ3) is 3.70. The molecule has 25 heavy (non-hydrogen) atoms. The monoisotopic (exact) mass is 360 g/mol. The second-order valence-electron chi connectivity index (χ2n) is 7.40. The van der Waals surface area contributed by atoms with Gasteiger partial charge in [-0.25, -0.2) is 0 Å². The van der Waals surface area contributed by atoms with Crippen LogP contribution in [-0.4, -0.2) is 47.9 Å². The molecule has 5 heteroatoms. The molecule has 4 nitrogen and oxygen atoms in total. The second-order valence-corrected chi connectivity index (χ2v) is 7.83. The highest BCUT2D eigenvalue weighted by atomic mass is 35.5. The van der Waals surface area contributed by atoms with Crippen molar-refractivity contribution in [1.82, 2.24) is 9.80 Å². The van der Waals surface area contributed by atoms with Gasteiger partial charge < -0.3 is 9.32 Å². The molecule has 1 saturated carbocycles. The predicted octanol–water partition coefficient (Wildman–Crippen LogP) is 3.96. The van der Waals surface area contributed by atoms with Crippen LogP contribution in [0.25, 0.3) is 11.0 Å². The molecule has 1 saturated heterocycles. The van der Waals surface area contributed by atoms with E-state index in [9.17, 15) is 4.79 Å². The number of amides is 1. The van der Waals surface area contributed by atoms with E-state index in [1.54, 1.807) is 6.26 Å². The Morgan fingerprint density at radius 1 is 1.28 bits per heavy atom. The molecule has 4 rings (SSSR count). The zero-order valence-electron chi connectivity index (χ0n) is 14.7. The van der Waals surface area contributed by atoms with Crippen LogP contribution in [0, 0.1) is 5.92 Å². The third-order valence-electron chi connectivity index (χ3n) is 5.77. The third-order valence-corrected chi connectivity index (χ3v) is 6.01. The Hall–Kier alpha value is -1.52. The van der Waals surface area contributed by atoms with Gasteiger partial charge >= 0.3 is 0 Å². The van der Waals surface area contributed by atoms with E-state index in [2.05, 4.69) is 11.8 Å². The van der Waals surface area contributed by atoms with Crippen LogP contribution < -0.4 is 0 Å². The molecule has 1 aromatic carbocycles. The van der Waals surface area contributed by atoms with Gasteiger partial charge in [0, 0.05) is 49.1 Å². The number of fused-ring (bicyclic) bond motifs is 1. The summed E-state index contributed by atoms with van der Waals surface area (Å²) in [5.74, 6) is 1.14. The lowest BCUT2D eigenvalue weighted by atomic mass is 10.1. The summed E-state index contributed by atoms with van der Waals surface area (Å²) in [6.07, 6.45) is 5.74. The van der Waals surface area contributed by atoms with Gasteiger partial charge in [-0.1, -0.05) is 11.6 Å². The highest BCUT2D eigenvalue weighted by molar-refractivity contribution is 6.31. The number of benzene rings is 1. The maximum atomic E-state index is 12.6. The van der Waals surface area contributed by atoms with Gasteiger partial charge in [0.2, 0.25) is 5.91 Å². The summed E-state index contributed by atoms with van der Waals surface area (Å²) in [5, 5.41) is 1.71. The topological polar surface area (TPSA) is 36.7 Å². The molecule has 2 heterocycles. The Labute approximate surface area is 153 Å². The highest BCUT2D eigenvalue weighted by Crippen LogP contribution is 2.35. The van der Waals surface area contributed by atoms with E-state index in [0.717, 1.165) is 48.6 Å². The normalized spacial score (nSPS) is 20.2. The molecule has 0 radical (unpaired) electrons. The van der Waals surface area contributed by atoms with Crippen LogP contribution in [0.1, 0.15) is 31.7 Å². The molecule has 134 valence electrons. The number of piperazine rings is 1. The van der Waals surface area contributed by atoms with Crippen LogP contribution >= 0.6 is 11.6 Å². The first-order valence-corrected chi connectivity index (χ1v) is 9.67. The predicted molar refractivity (Wildman–Crippen MR) is 99.9 cm³/mol. The minimum atomic E-state index is 0.245. The van der Waals surface area contributed by atoms with Crippen molar-refractivity contribution in [2.24, 2.45) is 5.92 Å². The molecule has 0 spiro atoms. The minimum absolute atomic E-state index is 0.245. The lowest BCUT2D eigenvalue weighted by Gasteiger charge is -2.38. The summed E-state index contributed by atoms with van der Waals surface area (Å²) >= 11 is 6.08. The molecule has 1 amide bonds. The molecular weight excluding hydrogens is 336 g/mol. The molecule has 0 N–H and O–H groups in total. The van der Waals surface area contributed by atoms with Crippen molar-refractivity contribution in [3.8, 4) is 0 Å². The first-order valence-electron chi connectivity index (χ1n) is 9.29. The zero-order valence-corrected chi connectivity index (χ0v) is 15.5. The van der Waals surface area contributed by atoms with Crippen LogP contribution in [0.4, 0.5) is 0 Å². The summed E-state index contributed by atoms with van der Waals surface area (Å²) in [6.45, 7) is 6.06. The van der Waals surface area contributed by atoms with Crippen LogP contribution in [0.15, 0.2) is 28.9 Å². The standard InChI is InChI=1S/C20H25ClN2O2/c1-14(15-2-3-15)22-8-10-23(11-9-22)20(24)7-4-16-13-25-19-6-5-17(21)12-18(16)19/h5-6,12-15H,2-4,7-11H2,1H3. The fraction of sp³-hybridized carbons (Fsp3) is 0.550. The number of halogens is 1. The summed E-state index contributed by atoms with van der Waals surface area (Å²) < 4.78 is 5.56. The van der Waals surface area contributed by atoms with Gasteiger partial charge in [-0.15, -0.1) is 0 Å². The van der Waals surface area contributed by atoms with Crippen molar-refractivity contribution in [2.45, 2.75) is 38.6 Å². The Kier molecular flexibility index (Phi) is 4.74. The Morgan fingerprint density at radius 2 is 2.04 bits per heavy atom. The number of hydrogen-bond donors (Lipinski definition) is 0. The number of aryl methyl sites for hydroxylation is 1. The van der Waals surface area contributed by atoms with E-state index in [0.29, 0.717) is 23.9 Å². The summed E-state index contributed by atoms with van der Waals surface area (Å²) in [6, 6.07) is 6.30. The molecule has 1 atom stereocenters. The maximum Gasteiger partial charge on any atom is 0.222 e. The van der Waals surface area contributed by atoms with Crippen LogP contribution in [0.3, 0.4) is 0 Å². The van der Waals surface area contributed by atoms with E-state index in [1.807, 2.05) is 23.1 Å². The fourth-order valence-electron chi connectivity index (χ4n) is 3.90. The van der Waals surface area contributed by atoms with Crippen molar-refractivity contribution in [2.75, 3.05) is 26.2 Å². The summed E-state index contributed by atoms with van der Waals surface area (Å²) in [5.41, 5.74) is 1.89. The molecular formula is C20H25ClN2O2. The minimum Gasteiger partial charge on any atom is -0.464 e. The van der Waals surface area contributed by atoms with Crippen molar-refractivity contribution < 1.29 is 9.21 Å². The van der Waals surface area contributed by atoms with E-state index in [4.69, 9.17) is 16.0 Å². The van der Waals surface area contributed by atoms with Gasteiger partial charge in [-0.05, 0) is 55.9 Å². The number of carbonyl (C=O) groups excluding carboxylic acids is 1. The van der Waals surface area contributed by atoms with E-state index < -0.39 is 0 Å².